The van der Waals surface area contributed by atoms with Gasteiger partial charge in [-0.15, -0.1) is 0 Å². The smallest absolute Gasteiger partial charge is 0 e. The quantitative estimate of drug-likeness (QED) is 0.495. The van der Waals surface area contributed by atoms with Gasteiger partial charge in [-0.3, -0.25) is 0 Å². The van der Waals surface area contributed by atoms with E-state index in [0.29, 0.717) is 0 Å². The van der Waals surface area contributed by atoms with E-state index in [1.54, 1.807) is 0 Å². The van der Waals surface area contributed by atoms with Crippen molar-refractivity contribution in [1.82, 2.24) is 0 Å². The molecule has 1 nitrogen and oxygen atoms in total. The minimum absolute atomic E-state index is 0. The first-order valence-electron chi connectivity index (χ1n) is 0.204. The molecule has 0 radical (unpaired) electrons. The van der Waals surface area contributed by atoms with E-state index in [2.05, 4.69) is 0 Å². The van der Waals surface area contributed by atoms with Crippen molar-refractivity contribution in [2.24, 2.45) is 0 Å². The van der Waals surface area contributed by atoms with Gasteiger partial charge in [-0.1, -0.05) is 0 Å². The van der Waals surface area contributed by atoms with Gasteiger partial charge in [0.1, 0.15) is 0 Å². The van der Waals surface area contributed by atoms with Crippen molar-refractivity contribution in [3.63, 3.8) is 0 Å². The van der Waals surface area contributed by atoms with Crippen LogP contribution in [0.4, 0.5) is 0 Å². The zero-order valence-electron chi connectivity index (χ0n) is 1.97. The van der Waals surface area contributed by atoms with Crippen LogP contribution in [-0.4, -0.2) is 51.4 Å². The van der Waals surface area contributed by atoms with Crippen LogP contribution in [0.3, 0.4) is 0 Å². The Morgan fingerprint density at radius 2 is 1.20 bits per heavy atom. The normalized spacial score (nSPS) is 0.600. The molecule has 5 heavy (non-hydrogen) atoms. The van der Waals surface area contributed by atoms with Gasteiger partial charge in [0.05, 0.1) is 0 Å². The summed E-state index contributed by atoms with van der Waals surface area (Å²) >= 11 is 0.750. The Morgan fingerprint density at radius 3 is 1.20 bits per heavy atom. The molecule has 0 saturated heterocycles. The fraction of sp³-hybridized carbons (Fsp3) is 0. The Kier molecular flexibility index (Phi) is 127. The third-order valence-corrected chi connectivity index (χ3v) is 0. The van der Waals surface area contributed by atoms with Crippen LogP contribution in [0.5, 0.6) is 0 Å². The van der Waals surface area contributed by atoms with E-state index in [9.17, 15) is 0 Å². The fourth-order valence-corrected chi connectivity index (χ4v) is 0. The summed E-state index contributed by atoms with van der Waals surface area (Å²) in [5.74, 6) is 0. The number of hydrogen-bond donors (Lipinski definition) is 0. The number of hydrogen-bond acceptors (Lipinski definition) is 1. The summed E-state index contributed by atoms with van der Waals surface area (Å²) in [6.07, 6.45) is 0. The molecule has 0 aromatic heterocycles. The average Bonchev–Trinajstić information content (AvgIpc) is 1.00. The molecule has 22 valence electrons. The topological polar surface area (TPSA) is 17.1 Å². The molecule has 0 rings (SSSR count). The van der Waals surface area contributed by atoms with E-state index in [1.807, 2.05) is 0 Å². The van der Waals surface area contributed by atoms with Gasteiger partial charge in [-0.2, -0.15) is 0 Å². The van der Waals surface area contributed by atoms with Crippen molar-refractivity contribution in [3.05, 3.63) is 0 Å². The largest absolute Gasteiger partial charge is 0 e. The summed E-state index contributed by atoms with van der Waals surface area (Å²) in [5, 5.41) is 0. The molecule has 0 amide bonds. The van der Waals surface area contributed by atoms with Gasteiger partial charge in [0.15, 0.2) is 0 Å². The van der Waals surface area contributed by atoms with E-state index in [4.69, 9.17) is 3.32 Å². The van der Waals surface area contributed by atoms with Crippen molar-refractivity contribution < 1.29 is 60.3 Å². The van der Waals surface area contributed by atoms with Crippen LogP contribution >= 0.6 is 0 Å². The van der Waals surface area contributed by atoms with Crippen LogP contribution in [0.1, 0.15) is 0 Å². The zero-order chi connectivity index (χ0) is 2.00. The van der Waals surface area contributed by atoms with Crippen molar-refractivity contribution in [1.29, 1.82) is 0 Å². The summed E-state index contributed by atoms with van der Waals surface area (Å²) < 4.78 is 8.25. The first-order chi connectivity index (χ1) is 1.00. The standard InChI is InChI=1S/Fe.K.O.Ti.Zn.H. The first kappa shape index (κ1) is 23.9. The van der Waals surface area contributed by atoms with Crippen LogP contribution in [0.15, 0.2) is 0 Å². The zero-order valence-corrected chi connectivity index (χ0v) is 7.60. The van der Waals surface area contributed by atoms with Gasteiger partial charge >= 0.3 is 75.1 Å². The van der Waals surface area contributed by atoms with E-state index in [0.717, 1.165) is 20.4 Å². The van der Waals surface area contributed by atoms with Gasteiger partial charge < -0.3 is 0 Å². The Hall–Kier alpha value is 3.29. The molecule has 0 saturated carbocycles. The summed E-state index contributed by atoms with van der Waals surface area (Å²) in [4.78, 5) is 0. The molecule has 0 spiro atoms. The second kappa shape index (κ2) is 26.6. The van der Waals surface area contributed by atoms with Gasteiger partial charge in [0.25, 0.3) is 0 Å². The van der Waals surface area contributed by atoms with Gasteiger partial charge in [0.2, 0.25) is 0 Å². The van der Waals surface area contributed by atoms with Gasteiger partial charge in [-0.05, 0) is 0 Å². The van der Waals surface area contributed by atoms with E-state index in [1.165, 1.54) is 0 Å². The maximum atomic E-state index is 8.25. The summed E-state index contributed by atoms with van der Waals surface area (Å²) in [7, 11) is 0. The van der Waals surface area contributed by atoms with Crippen LogP contribution < -0.4 is 0 Å². The molecule has 0 aromatic carbocycles. The predicted molar refractivity (Wildman–Crippen MR) is 7.84 cm³/mol. The monoisotopic (exact) mass is 224 g/mol. The molecular weight excluding hydrogens is 224 g/mol. The SMILES string of the molecule is [Fe].[KH].[O]=[Ti].[Zn]. The molecule has 0 aromatic rings. The average molecular weight is 225 g/mol. The van der Waals surface area contributed by atoms with Crippen molar-refractivity contribution in [2.45, 2.75) is 0 Å². The van der Waals surface area contributed by atoms with Crippen molar-refractivity contribution in [2.75, 3.05) is 0 Å². The predicted octanol–water partition coefficient (Wildman–Crippen LogP) is -0.775. The second-order valence-electron chi connectivity index (χ2n) is 0. The fourth-order valence-electron chi connectivity index (χ4n) is 0. The molecule has 0 bridgehead atoms. The Morgan fingerprint density at radius 1 is 1.20 bits per heavy atom. The Labute approximate surface area is 109 Å². The van der Waals surface area contributed by atoms with Crippen LogP contribution in [0, 0.1) is 0 Å². The molecular formula is HFeKOTiZn. The van der Waals surface area contributed by atoms with Gasteiger partial charge in [-0.25, -0.2) is 0 Å². The Balaban J connectivity index is -0.00000000167. The number of rotatable bonds is 0. The first-order valence-corrected chi connectivity index (χ1v) is 0.842. The molecule has 0 fully saturated rings. The van der Waals surface area contributed by atoms with Crippen molar-refractivity contribution in [3.8, 4) is 0 Å². The van der Waals surface area contributed by atoms with Crippen LogP contribution in [-0.2, 0) is 60.3 Å². The molecule has 0 aliphatic rings. The van der Waals surface area contributed by atoms with E-state index < -0.39 is 0 Å². The summed E-state index contributed by atoms with van der Waals surface area (Å²) in [6.45, 7) is 0. The van der Waals surface area contributed by atoms with E-state index >= 15 is 0 Å². The Bertz CT molecular complexity index is 11.6. The third-order valence-electron chi connectivity index (χ3n) is 0. The minimum Gasteiger partial charge on any atom is 0 e. The minimum atomic E-state index is 0. The van der Waals surface area contributed by atoms with Crippen LogP contribution in [0.25, 0.3) is 0 Å². The second-order valence-corrected chi connectivity index (χ2v) is 0. The van der Waals surface area contributed by atoms with E-state index in [-0.39, 0.29) is 87.9 Å². The summed E-state index contributed by atoms with van der Waals surface area (Å²) in [6, 6.07) is 0. The molecule has 0 aliphatic carbocycles. The maximum absolute atomic E-state index is 8.25. The van der Waals surface area contributed by atoms with Crippen molar-refractivity contribution >= 4 is 51.4 Å². The molecule has 0 unspecified atom stereocenters. The third kappa shape index (κ3) is 18.8. The maximum Gasteiger partial charge on any atom is 0 e. The molecule has 0 heterocycles. The summed E-state index contributed by atoms with van der Waals surface area (Å²) in [5.41, 5.74) is 0. The van der Waals surface area contributed by atoms with Gasteiger partial charge in [0, 0.05) is 36.5 Å². The molecule has 0 atom stereocenters. The molecule has 0 N–H and O–H groups in total. The van der Waals surface area contributed by atoms with Crippen LogP contribution in [0.2, 0.25) is 0 Å². The molecule has 5 heteroatoms. The molecule has 0 aliphatic heterocycles.